The van der Waals surface area contributed by atoms with Gasteiger partial charge in [-0.2, -0.15) is 4.31 Å². The zero-order valence-corrected chi connectivity index (χ0v) is 15.9. The molecule has 0 aliphatic rings. The van der Waals surface area contributed by atoms with E-state index in [9.17, 15) is 18.0 Å². The van der Waals surface area contributed by atoms with E-state index in [1.807, 2.05) is 0 Å². The minimum absolute atomic E-state index is 0.0473. The lowest BCUT2D eigenvalue weighted by Crippen LogP contribution is -2.43. The highest BCUT2D eigenvalue weighted by atomic mass is 32.2. The van der Waals surface area contributed by atoms with Crippen LogP contribution in [-0.2, 0) is 14.8 Å². The highest BCUT2D eigenvalue weighted by molar-refractivity contribution is 7.89. The number of rotatable bonds is 9. The molecule has 25 heavy (non-hydrogen) atoms. The molecule has 0 atom stereocenters. The Morgan fingerprint density at radius 3 is 2.08 bits per heavy atom. The van der Waals surface area contributed by atoms with Crippen LogP contribution in [0.15, 0.2) is 29.2 Å². The zero-order valence-electron chi connectivity index (χ0n) is 15.1. The largest absolute Gasteiger partial charge is 0.481 e. The fourth-order valence-corrected chi connectivity index (χ4v) is 3.81. The molecule has 1 aromatic carbocycles. The van der Waals surface area contributed by atoms with Crippen molar-refractivity contribution in [3.63, 3.8) is 0 Å². The molecule has 0 bridgehead atoms. The number of carbonyl (C=O) groups excluding carboxylic acids is 1. The van der Waals surface area contributed by atoms with Gasteiger partial charge in [0.25, 0.3) is 5.91 Å². The Bertz CT molecular complexity index is 707. The van der Waals surface area contributed by atoms with Crippen molar-refractivity contribution in [3.05, 3.63) is 29.8 Å². The second-order valence-corrected chi connectivity index (χ2v) is 8.28. The average Bonchev–Trinajstić information content (AvgIpc) is 2.53. The number of amides is 1. The SMILES string of the molecule is CCN(CC)S(=O)(=O)c1ccc(C(=O)NC(C)(C)CCC(=O)O)cc1. The summed E-state index contributed by atoms with van der Waals surface area (Å²) in [5.74, 6) is -1.30. The molecule has 0 aromatic heterocycles. The van der Waals surface area contributed by atoms with Crippen molar-refractivity contribution in [2.45, 2.75) is 51.0 Å². The first-order valence-electron chi connectivity index (χ1n) is 8.18. The van der Waals surface area contributed by atoms with Gasteiger partial charge in [-0.25, -0.2) is 8.42 Å². The fourth-order valence-electron chi connectivity index (χ4n) is 2.35. The van der Waals surface area contributed by atoms with Gasteiger partial charge < -0.3 is 10.4 Å². The van der Waals surface area contributed by atoms with Crippen LogP contribution in [0.1, 0.15) is 50.9 Å². The third kappa shape index (κ3) is 5.82. The maximum atomic E-state index is 12.4. The molecule has 2 N–H and O–H groups in total. The third-order valence-electron chi connectivity index (χ3n) is 3.88. The first-order valence-corrected chi connectivity index (χ1v) is 9.62. The number of aliphatic carboxylic acids is 1. The van der Waals surface area contributed by atoms with Gasteiger partial charge in [-0.1, -0.05) is 13.8 Å². The lowest BCUT2D eigenvalue weighted by Gasteiger charge is -2.25. The first kappa shape index (κ1) is 21.1. The molecule has 1 rings (SSSR count). The predicted octanol–water partition coefficient (Wildman–Crippen LogP) is 2.09. The summed E-state index contributed by atoms with van der Waals surface area (Å²) in [5.41, 5.74) is -0.358. The molecule has 0 radical (unpaired) electrons. The van der Waals surface area contributed by atoms with Crippen molar-refractivity contribution in [1.29, 1.82) is 0 Å². The summed E-state index contributed by atoms with van der Waals surface area (Å²) in [6.45, 7) is 7.77. The molecule has 0 unspecified atom stereocenters. The van der Waals surface area contributed by atoms with E-state index in [4.69, 9.17) is 5.11 Å². The Morgan fingerprint density at radius 1 is 1.12 bits per heavy atom. The number of nitrogens with zero attached hydrogens (tertiary/aromatic N) is 1. The first-order chi connectivity index (χ1) is 11.5. The summed E-state index contributed by atoms with van der Waals surface area (Å²) in [5, 5.41) is 11.5. The smallest absolute Gasteiger partial charge is 0.303 e. The summed E-state index contributed by atoms with van der Waals surface area (Å²) >= 11 is 0. The van der Waals surface area contributed by atoms with Gasteiger partial charge in [-0.3, -0.25) is 9.59 Å². The maximum absolute atomic E-state index is 12.4. The highest BCUT2D eigenvalue weighted by Crippen LogP contribution is 2.17. The Balaban J connectivity index is 2.89. The Morgan fingerprint density at radius 2 is 1.64 bits per heavy atom. The quantitative estimate of drug-likeness (QED) is 0.693. The summed E-state index contributed by atoms with van der Waals surface area (Å²) in [6.07, 6.45) is 0.247. The minimum Gasteiger partial charge on any atom is -0.481 e. The van der Waals surface area contributed by atoms with Crippen LogP contribution in [-0.4, -0.2) is 48.3 Å². The van der Waals surface area contributed by atoms with E-state index in [0.29, 0.717) is 25.1 Å². The second kappa shape index (κ2) is 8.44. The van der Waals surface area contributed by atoms with Crippen molar-refractivity contribution in [3.8, 4) is 0 Å². The summed E-state index contributed by atoms with van der Waals surface area (Å²) in [4.78, 5) is 23.1. The predicted molar refractivity (Wildman–Crippen MR) is 95.0 cm³/mol. The average molecular weight is 370 g/mol. The zero-order chi connectivity index (χ0) is 19.3. The van der Waals surface area contributed by atoms with Crippen LogP contribution >= 0.6 is 0 Å². The van der Waals surface area contributed by atoms with E-state index in [0.717, 1.165) is 0 Å². The van der Waals surface area contributed by atoms with Crippen LogP contribution in [0.3, 0.4) is 0 Å². The van der Waals surface area contributed by atoms with Crippen LogP contribution < -0.4 is 5.32 Å². The summed E-state index contributed by atoms with van der Waals surface area (Å²) in [6, 6.07) is 5.73. The number of hydrogen-bond donors (Lipinski definition) is 2. The van der Waals surface area contributed by atoms with Gasteiger partial charge >= 0.3 is 5.97 Å². The molecule has 8 heteroatoms. The number of benzene rings is 1. The standard InChI is InChI=1S/C17H26N2O5S/c1-5-19(6-2)25(23,24)14-9-7-13(8-10-14)16(22)18-17(3,4)12-11-15(20)21/h7-10H,5-6,11-12H2,1-4H3,(H,18,22)(H,20,21). The Hall–Kier alpha value is -1.93. The molecule has 1 amide bonds. The molecule has 0 fully saturated rings. The van der Waals surface area contributed by atoms with E-state index in [2.05, 4.69) is 5.32 Å². The van der Waals surface area contributed by atoms with Crippen molar-refractivity contribution >= 4 is 21.9 Å². The number of carboxylic acid groups (broad SMARTS) is 1. The van der Waals surface area contributed by atoms with E-state index in [-0.39, 0.29) is 17.2 Å². The topological polar surface area (TPSA) is 104 Å². The molecule has 0 saturated carbocycles. The molecule has 0 heterocycles. The molecule has 0 saturated heterocycles. The van der Waals surface area contributed by atoms with Crippen molar-refractivity contribution in [2.75, 3.05) is 13.1 Å². The molecule has 7 nitrogen and oxygen atoms in total. The van der Waals surface area contributed by atoms with E-state index in [1.54, 1.807) is 27.7 Å². The number of sulfonamides is 1. The van der Waals surface area contributed by atoms with Gasteiger partial charge in [0.15, 0.2) is 0 Å². The van der Waals surface area contributed by atoms with Crippen LogP contribution in [0.25, 0.3) is 0 Å². The van der Waals surface area contributed by atoms with Crippen LogP contribution in [0, 0.1) is 0 Å². The Kier molecular flexibility index (Phi) is 7.13. The maximum Gasteiger partial charge on any atom is 0.303 e. The fraction of sp³-hybridized carbons (Fsp3) is 0.529. The van der Waals surface area contributed by atoms with Gasteiger partial charge in [0.2, 0.25) is 10.0 Å². The van der Waals surface area contributed by atoms with Gasteiger partial charge in [-0.05, 0) is 44.5 Å². The molecular weight excluding hydrogens is 344 g/mol. The number of nitrogens with one attached hydrogen (secondary N) is 1. The number of carbonyl (C=O) groups is 2. The summed E-state index contributed by atoms with van der Waals surface area (Å²) < 4.78 is 26.2. The van der Waals surface area contributed by atoms with E-state index < -0.39 is 21.5 Å². The van der Waals surface area contributed by atoms with Crippen molar-refractivity contribution in [1.82, 2.24) is 9.62 Å². The highest BCUT2D eigenvalue weighted by Gasteiger charge is 2.24. The van der Waals surface area contributed by atoms with Gasteiger partial charge in [0.1, 0.15) is 0 Å². The lowest BCUT2D eigenvalue weighted by molar-refractivity contribution is -0.137. The van der Waals surface area contributed by atoms with E-state index in [1.165, 1.54) is 28.6 Å². The Labute approximate surface area is 149 Å². The second-order valence-electron chi connectivity index (χ2n) is 6.35. The van der Waals surface area contributed by atoms with Crippen LogP contribution in [0.5, 0.6) is 0 Å². The van der Waals surface area contributed by atoms with Crippen molar-refractivity contribution < 1.29 is 23.1 Å². The molecule has 0 aliphatic carbocycles. The normalized spacial score (nSPS) is 12.2. The van der Waals surface area contributed by atoms with Gasteiger partial charge in [0.05, 0.1) is 4.90 Å². The van der Waals surface area contributed by atoms with Gasteiger partial charge in [0, 0.05) is 30.6 Å². The molecule has 140 valence electrons. The molecule has 1 aromatic rings. The summed E-state index contributed by atoms with van der Waals surface area (Å²) in [7, 11) is -3.56. The number of carboxylic acids is 1. The number of hydrogen-bond acceptors (Lipinski definition) is 4. The monoisotopic (exact) mass is 370 g/mol. The van der Waals surface area contributed by atoms with Crippen molar-refractivity contribution in [2.24, 2.45) is 0 Å². The minimum atomic E-state index is -3.56. The van der Waals surface area contributed by atoms with Crippen LogP contribution in [0.2, 0.25) is 0 Å². The molecule has 0 aliphatic heterocycles. The van der Waals surface area contributed by atoms with E-state index >= 15 is 0 Å². The third-order valence-corrected chi connectivity index (χ3v) is 5.94. The molecule has 0 spiro atoms. The molecular formula is C17H26N2O5S. The van der Waals surface area contributed by atoms with Crippen LogP contribution in [0.4, 0.5) is 0 Å². The lowest BCUT2D eigenvalue weighted by atomic mass is 9.98. The van der Waals surface area contributed by atoms with Gasteiger partial charge in [-0.15, -0.1) is 0 Å².